The second kappa shape index (κ2) is 9.16. The summed E-state index contributed by atoms with van der Waals surface area (Å²) in [5.74, 6) is 0.0102. The van der Waals surface area contributed by atoms with Gasteiger partial charge in [0.15, 0.2) is 0 Å². The SMILES string of the molecule is O=C(C[C@@H](c1ccccc1)c1cccc(Cl)c1)NCCc1cccnc1. The molecule has 26 heavy (non-hydrogen) atoms. The van der Waals surface area contributed by atoms with E-state index in [1.54, 1.807) is 6.20 Å². The molecule has 0 aliphatic heterocycles. The highest BCUT2D eigenvalue weighted by molar-refractivity contribution is 6.30. The second-order valence-electron chi connectivity index (χ2n) is 6.18. The number of nitrogens with zero attached hydrogens (tertiary/aromatic N) is 1. The largest absolute Gasteiger partial charge is 0.356 e. The van der Waals surface area contributed by atoms with Gasteiger partial charge in [0.25, 0.3) is 0 Å². The number of carbonyl (C=O) groups is 1. The van der Waals surface area contributed by atoms with Crippen LogP contribution in [0.4, 0.5) is 0 Å². The Morgan fingerprint density at radius 1 is 1.00 bits per heavy atom. The first-order valence-corrected chi connectivity index (χ1v) is 9.06. The normalized spacial score (nSPS) is 11.7. The summed E-state index contributed by atoms with van der Waals surface area (Å²) in [6, 6.07) is 21.7. The zero-order valence-corrected chi connectivity index (χ0v) is 15.2. The number of rotatable bonds is 7. The molecule has 132 valence electrons. The molecule has 0 fully saturated rings. The van der Waals surface area contributed by atoms with Crippen LogP contribution >= 0.6 is 11.6 Å². The van der Waals surface area contributed by atoms with Crippen LogP contribution in [0.1, 0.15) is 29.0 Å². The Labute approximate surface area is 159 Å². The second-order valence-corrected chi connectivity index (χ2v) is 6.62. The topological polar surface area (TPSA) is 42.0 Å². The Kier molecular flexibility index (Phi) is 6.39. The minimum Gasteiger partial charge on any atom is -0.356 e. The van der Waals surface area contributed by atoms with Crippen molar-refractivity contribution in [2.75, 3.05) is 6.54 Å². The molecular weight excluding hydrogens is 344 g/mol. The molecule has 0 saturated heterocycles. The molecule has 1 N–H and O–H groups in total. The van der Waals surface area contributed by atoms with Crippen molar-refractivity contribution in [1.82, 2.24) is 10.3 Å². The molecule has 4 heteroatoms. The Morgan fingerprint density at radius 3 is 2.54 bits per heavy atom. The molecule has 2 aromatic carbocycles. The van der Waals surface area contributed by atoms with Crippen LogP contribution in [0, 0.1) is 0 Å². The molecule has 3 nitrogen and oxygen atoms in total. The Morgan fingerprint density at radius 2 is 1.81 bits per heavy atom. The molecule has 1 heterocycles. The van der Waals surface area contributed by atoms with E-state index in [4.69, 9.17) is 11.6 Å². The third-order valence-electron chi connectivity index (χ3n) is 4.30. The number of pyridine rings is 1. The predicted molar refractivity (Wildman–Crippen MR) is 105 cm³/mol. The highest BCUT2D eigenvalue weighted by Crippen LogP contribution is 2.29. The molecule has 1 aromatic heterocycles. The average Bonchev–Trinajstić information content (AvgIpc) is 2.68. The first-order valence-electron chi connectivity index (χ1n) is 8.68. The Hall–Kier alpha value is -2.65. The highest BCUT2D eigenvalue weighted by atomic mass is 35.5. The van der Waals surface area contributed by atoms with Crippen LogP contribution in [0.15, 0.2) is 79.1 Å². The van der Waals surface area contributed by atoms with Crippen LogP contribution in [-0.4, -0.2) is 17.4 Å². The van der Waals surface area contributed by atoms with Gasteiger partial charge < -0.3 is 5.32 Å². The van der Waals surface area contributed by atoms with Crippen LogP contribution in [-0.2, 0) is 11.2 Å². The average molecular weight is 365 g/mol. The van der Waals surface area contributed by atoms with Gasteiger partial charge in [0.05, 0.1) is 0 Å². The fourth-order valence-corrected chi connectivity index (χ4v) is 3.19. The van der Waals surface area contributed by atoms with Gasteiger partial charge in [0, 0.05) is 36.3 Å². The van der Waals surface area contributed by atoms with Gasteiger partial charge in [-0.25, -0.2) is 0 Å². The van der Waals surface area contributed by atoms with Crippen molar-refractivity contribution in [1.29, 1.82) is 0 Å². The van der Waals surface area contributed by atoms with Crippen LogP contribution < -0.4 is 5.32 Å². The maximum Gasteiger partial charge on any atom is 0.220 e. The number of hydrogen-bond acceptors (Lipinski definition) is 2. The van der Waals surface area contributed by atoms with Crippen LogP contribution in [0.2, 0.25) is 5.02 Å². The van der Waals surface area contributed by atoms with Gasteiger partial charge in [0.1, 0.15) is 0 Å². The van der Waals surface area contributed by atoms with E-state index < -0.39 is 0 Å². The number of hydrogen-bond donors (Lipinski definition) is 1. The number of halogens is 1. The third-order valence-corrected chi connectivity index (χ3v) is 4.54. The van der Waals surface area contributed by atoms with Gasteiger partial charge in [-0.15, -0.1) is 0 Å². The molecule has 0 bridgehead atoms. The molecule has 3 aromatic rings. The van der Waals surface area contributed by atoms with E-state index in [1.165, 1.54) is 0 Å². The lowest BCUT2D eigenvalue weighted by Gasteiger charge is -2.18. The smallest absolute Gasteiger partial charge is 0.220 e. The van der Waals surface area contributed by atoms with Gasteiger partial charge in [-0.2, -0.15) is 0 Å². The summed E-state index contributed by atoms with van der Waals surface area (Å²) < 4.78 is 0. The zero-order valence-electron chi connectivity index (χ0n) is 14.4. The van der Waals surface area contributed by atoms with E-state index in [0.29, 0.717) is 18.0 Å². The van der Waals surface area contributed by atoms with Gasteiger partial charge in [-0.05, 0) is 41.3 Å². The summed E-state index contributed by atoms with van der Waals surface area (Å²) in [7, 11) is 0. The molecule has 0 aliphatic carbocycles. The zero-order chi connectivity index (χ0) is 18.2. The maximum atomic E-state index is 12.5. The van der Waals surface area contributed by atoms with Crippen molar-refractivity contribution in [2.24, 2.45) is 0 Å². The van der Waals surface area contributed by atoms with Gasteiger partial charge in [-0.1, -0.05) is 60.1 Å². The van der Waals surface area contributed by atoms with Crippen molar-refractivity contribution >= 4 is 17.5 Å². The lowest BCUT2D eigenvalue weighted by atomic mass is 9.88. The van der Waals surface area contributed by atoms with Crippen molar-refractivity contribution in [3.8, 4) is 0 Å². The fraction of sp³-hybridized carbons (Fsp3) is 0.182. The first kappa shape index (κ1) is 18.2. The van der Waals surface area contributed by atoms with Crippen molar-refractivity contribution in [2.45, 2.75) is 18.8 Å². The minimum atomic E-state index is -0.0201. The molecule has 0 aliphatic rings. The standard InChI is InChI=1S/C22H21ClN2O/c23-20-10-4-9-19(14-20)21(18-7-2-1-3-8-18)15-22(26)25-13-11-17-6-5-12-24-16-17/h1-10,12,14,16,21H,11,13,15H2,(H,25,26)/t21-/m0/s1. The van der Waals surface area contributed by atoms with Crippen molar-refractivity contribution < 1.29 is 4.79 Å². The lowest BCUT2D eigenvalue weighted by molar-refractivity contribution is -0.121. The van der Waals surface area contributed by atoms with Crippen LogP contribution in [0.5, 0.6) is 0 Å². The molecule has 1 atom stereocenters. The number of carbonyl (C=O) groups excluding carboxylic acids is 1. The molecule has 0 saturated carbocycles. The predicted octanol–water partition coefficient (Wildman–Crippen LogP) is 4.62. The minimum absolute atomic E-state index is 0.0201. The third kappa shape index (κ3) is 5.17. The number of aromatic nitrogens is 1. The van der Waals surface area contributed by atoms with E-state index in [-0.39, 0.29) is 11.8 Å². The van der Waals surface area contributed by atoms with Crippen molar-refractivity contribution in [3.63, 3.8) is 0 Å². The van der Waals surface area contributed by atoms with E-state index in [1.807, 2.05) is 60.8 Å². The first-order chi connectivity index (χ1) is 12.7. The van der Waals surface area contributed by atoms with E-state index in [2.05, 4.69) is 22.4 Å². The quantitative estimate of drug-likeness (QED) is 0.664. The van der Waals surface area contributed by atoms with Crippen LogP contribution in [0.3, 0.4) is 0 Å². The summed E-state index contributed by atoms with van der Waals surface area (Å²) in [4.78, 5) is 16.6. The van der Waals surface area contributed by atoms with Gasteiger partial charge >= 0.3 is 0 Å². The van der Waals surface area contributed by atoms with Crippen LogP contribution in [0.25, 0.3) is 0 Å². The summed E-state index contributed by atoms with van der Waals surface area (Å²) in [5.41, 5.74) is 3.27. The maximum absolute atomic E-state index is 12.5. The fourth-order valence-electron chi connectivity index (χ4n) is 2.99. The summed E-state index contributed by atoms with van der Waals surface area (Å²) >= 11 is 6.16. The molecule has 0 radical (unpaired) electrons. The van der Waals surface area contributed by atoms with E-state index in [9.17, 15) is 4.79 Å². The van der Waals surface area contributed by atoms with Gasteiger partial charge in [-0.3, -0.25) is 9.78 Å². The van der Waals surface area contributed by atoms with Gasteiger partial charge in [0.2, 0.25) is 5.91 Å². The Balaban J connectivity index is 1.66. The molecular formula is C22H21ClN2O. The molecule has 1 amide bonds. The highest BCUT2D eigenvalue weighted by Gasteiger charge is 2.18. The summed E-state index contributed by atoms with van der Waals surface area (Å²) in [5, 5.41) is 3.70. The summed E-state index contributed by atoms with van der Waals surface area (Å²) in [6.45, 7) is 0.599. The number of nitrogens with one attached hydrogen (secondary N) is 1. The number of amides is 1. The number of benzene rings is 2. The van der Waals surface area contributed by atoms with E-state index >= 15 is 0 Å². The lowest BCUT2D eigenvalue weighted by Crippen LogP contribution is -2.27. The molecule has 0 unspecified atom stereocenters. The monoisotopic (exact) mass is 364 g/mol. The Bertz CT molecular complexity index is 837. The molecule has 3 rings (SSSR count). The van der Waals surface area contributed by atoms with E-state index in [0.717, 1.165) is 23.1 Å². The van der Waals surface area contributed by atoms with Crippen molar-refractivity contribution in [3.05, 3.63) is 101 Å². The molecule has 0 spiro atoms. The summed E-state index contributed by atoms with van der Waals surface area (Å²) in [6.07, 6.45) is 4.73.